The van der Waals surface area contributed by atoms with Gasteiger partial charge >= 0.3 is 0 Å². The van der Waals surface area contributed by atoms with Gasteiger partial charge in [-0.25, -0.2) is 0 Å². The smallest absolute Gasteiger partial charge is 0.0470 e. The van der Waals surface area contributed by atoms with Gasteiger partial charge in [0.15, 0.2) is 0 Å². The van der Waals surface area contributed by atoms with E-state index < -0.39 is 0 Å². The van der Waals surface area contributed by atoms with Gasteiger partial charge in [-0.2, -0.15) is 0 Å². The Balaban J connectivity index is 2.05. The van der Waals surface area contributed by atoms with Crippen LogP contribution in [0.2, 0.25) is 0 Å². The summed E-state index contributed by atoms with van der Waals surface area (Å²) in [6.07, 6.45) is 7.66. The van der Waals surface area contributed by atoms with E-state index in [9.17, 15) is 0 Å². The van der Waals surface area contributed by atoms with Crippen LogP contribution in [0.25, 0.3) is 0 Å². The molecule has 14 heavy (non-hydrogen) atoms. The molecule has 1 aromatic carbocycles. The first kappa shape index (κ1) is 9.07. The van der Waals surface area contributed by atoms with Gasteiger partial charge in [0, 0.05) is 18.9 Å². The monoisotopic (exact) mass is 185 g/mol. The molecule has 0 bridgehead atoms. The summed E-state index contributed by atoms with van der Waals surface area (Å²) >= 11 is 0. The second-order valence-electron chi connectivity index (χ2n) is 3.72. The van der Waals surface area contributed by atoms with Crippen LogP contribution < -0.4 is 0 Å². The molecule has 0 saturated carbocycles. The van der Waals surface area contributed by atoms with Crippen molar-refractivity contribution in [1.29, 1.82) is 0 Å². The average molecular weight is 185 g/mol. The molecule has 1 aliphatic rings. The van der Waals surface area contributed by atoms with Gasteiger partial charge in [-0.3, -0.25) is 0 Å². The van der Waals surface area contributed by atoms with Crippen LogP contribution in [-0.2, 0) is 6.54 Å². The predicted molar refractivity (Wildman–Crippen MR) is 59.5 cm³/mol. The molecule has 0 unspecified atom stereocenters. The third-order valence-corrected chi connectivity index (χ3v) is 2.33. The molecule has 1 aromatic rings. The SMILES string of the molecule is CC1=CN(Cc2ccccc2)C=CC1. The topological polar surface area (TPSA) is 3.24 Å². The maximum atomic E-state index is 2.23. The van der Waals surface area contributed by atoms with Crippen molar-refractivity contribution >= 4 is 0 Å². The molecule has 0 radical (unpaired) electrons. The van der Waals surface area contributed by atoms with E-state index in [1.807, 2.05) is 0 Å². The number of hydrogen-bond donors (Lipinski definition) is 0. The van der Waals surface area contributed by atoms with E-state index in [2.05, 4.69) is 60.6 Å². The van der Waals surface area contributed by atoms with Gasteiger partial charge in [-0.05, 0) is 18.9 Å². The van der Waals surface area contributed by atoms with E-state index in [1.165, 1.54) is 11.1 Å². The lowest BCUT2D eigenvalue weighted by Crippen LogP contribution is -2.12. The Bertz CT molecular complexity index is 349. The Morgan fingerprint density at radius 1 is 1.21 bits per heavy atom. The summed E-state index contributed by atoms with van der Waals surface area (Å²) in [6.45, 7) is 3.14. The molecule has 0 saturated heterocycles. The fraction of sp³-hybridized carbons (Fsp3) is 0.231. The van der Waals surface area contributed by atoms with Gasteiger partial charge in [0.1, 0.15) is 0 Å². The van der Waals surface area contributed by atoms with Gasteiger partial charge in [0.05, 0.1) is 0 Å². The maximum absolute atomic E-state index is 2.23. The van der Waals surface area contributed by atoms with Gasteiger partial charge in [0.2, 0.25) is 0 Å². The van der Waals surface area contributed by atoms with Crippen LogP contribution in [0, 0.1) is 0 Å². The summed E-state index contributed by atoms with van der Waals surface area (Å²) in [6, 6.07) is 10.5. The van der Waals surface area contributed by atoms with Crippen LogP contribution in [-0.4, -0.2) is 4.90 Å². The summed E-state index contributed by atoms with van der Waals surface area (Å²) in [7, 11) is 0. The Morgan fingerprint density at radius 3 is 2.71 bits per heavy atom. The highest BCUT2D eigenvalue weighted by molar-refractivity contribution is 5.18. The van der Waals surface area contributed by atoms with Crippen LogP contribution in [0.15, 0.2) is 54.4 Å². The first-order valence-corrected chi connectivity index (χ1v) is 4.98. The predicted octanol–water partition coefficient (Wildman–Crippen LogP) is 3.31. The highest BCUT2D eigenvalue weighted by atomic mass is 15.1. The number of allylic oxidation sites excluding steroid dienone is 2. The fourth-order valence-electron chi connectivity index (χ4n) is 1.65. The molecule has 0 fully saturated rings. The van der Waals surface area contributed by atoms with Gasteiger partial charge < -0.3 is 4.90 Å². The Morgan fingerprint density at radius 2 is 2.00 bits per heavy atom. The minimum Gasteiger partial charge on any atom is -0.350 e. The zero-order chi connectivity index (χ0) is 9.80. The molecule has 1 heterocycles. The largest absolute Gasteiger partial charge is 0.350 e. The number of rotatable bonds is 2. The number of benzene rings is 1. The molecule has 72 valence electrons. The lowest BCUT2D eigenvalue weighted by Gasteiger charge is -2.20. The Kier molecular flexibility index (Phi) is 2.68. The molecular weight excluding hydrogens is 170 g/mol. The van der Waals surface area contributed by atoms with Crippen molar-refractivity contribution in [2.45, 2.75) is 19.9 Å². The number of hydrogen-bond acceptors (Lipinski definition) is 1. The van der Waals surface area contributed by atoms with Crippen molar-refractivity contribution in [3.05, 3.63) is 59.9 Å². The van der Waals surface area contributed by atoms with Crippen LogP contribution in [0.3, 0.4) is 0 Å². The molecular formula is C13H15N. The van der Waals surface area contributed by atoms with E-state index >= 15 is 0 Å². The second-order valence-corrected chi connectivity index (χ2v) is 3.72. The van der Waals surface area contributed by atoms with Gasteiger partial charge in [-0.1, -0.05) is 42.0 Å². The first-order valence-electron chi connectivity index (χ1n) is 4.98. The van der Waals surface area contributed by atoms with Crippen molar-refractivity contribution in [3.63, 3.8) is 0 Å². The molecule has 1 nitrogen and oxygen atoms in total. The van der Waals surface area contributed by atoms with Crippen LogP contribution in [0.4, 0.5) is 0 Å². The van der Waals surface area contributed by atoms with E-state index in [0.717, 1.165) is 13.0 Å². The summed E-state index contributed by atoms with van der Waals surface area (Å²) in [4.78, 5) is 2.23. The Hall–Kier alpha value is -1.50. The lowest BCUT2D eigenvalue weighted by molar-refractivity contribution is 0.487. The molecule has 0 N–H and O–H groups in total. The number of nitrogens with zero attached hydrogens (tertiary/aromatic N) is 1. The zero-order valence-electron chi connectivity index (χ0n) is 8.48. The summed E-state index contributed by atoms with van der Waals surface area (Å²) in [5, 5.41) is 0. The molecule has 1 heteroatoms. The van der Waals surface area contributed by atoms with Crippen LogP contribution >= 0.6 is 0 Å². The zero-order valence-corrected chi connectivity index (χ0v) is 8.48. The van der Waals surface area contributed by atoms with Crippen LogP contribution in [0.1, 0.15) is 18.9 Å². The standard InChI is InChI=1S/C13H15N/c1-12-6-5-9-14(10-12)11-13-7-3-2-4-8-13/h2-5,7-10H,6,11H2,1H3. The molecule has 0 aliphatic carbocycles. The normalized spacial score (nSPS) is 15.5. The van der Waals surface area contributed by atoms with E-state index in [0.29, 0.717) is 0 Å². The second kappa shape index (κ2) is 4.14. The van der Waals surface area contributed by atoms with E-state index in [1.54, 1.807) is 0 Å². The molecule has 2 rings (SSSR count). The van der Waals surface area contributed by atoms with Gasteiger partial charge in [-0.15, -0.1) is 0 Å². The minimum absolute atomic E-state index is 0.967. The maximum Gasteiger partial charge on any atom is 0.0470 e. The first-order chi connectivity index (χ1) is 6.84. The highest BCUT2D eigenvalue weighted by Gasteiger charge is 2.01. The van der Waals surface area contributed by atoms with Crippen molar-refractivity contribution in [2.24, 2.45) is 0 Å². The summed E-state index contributed by atoms with van der Waals surface area (Å²) in [5.41, 5.74) is 2.77. The third kappa shape index (κ3) is 2.25. The summed E-state index contributed by atoms with van der Waals surface area (Å²) < 4.78 is 0. The van der Waals surface area contributed by atoms with E-state index in [-0.39, 0.29) is 0 Å². The van der Waals surface area contributed by atoms with Crippen molar-refractivity contribution in [1.82, 2.24) is 4.90 Å². The Labute approximate surface area is 85.4 Å². The third-order valence-electron chi connectivity index (χ3n) is 2.33. The quantitative estimate of drug-likeness (QED) is 0.683. The fourth-order valence-corrected chi connectivity index (χ4v) is 1.65. The minimum atomic E-state index is 0.967. The molecule has 1 aliphatic heterocycles. The summed E-state index contributed by atoms with van der Waals surface area (Å²) in [5.74, 6) is 0. The van der Waals surface area contributed by atoms with E-state index in [4.69, 9.17) is 0 Å². The average Bonchev–Trinajstić information content (AvgIpc) is 2.19. The lowest BCUT2D eigenvalue weighted by atomic mass is 10.1. The molecule has 0 atom stereocenters. The highest BCUT2D eigenvalue weighted by Crippen LogP contribution is 2.13. The van der Waals surface area contributed by atoms with Gasteiger partial charge in [0.25, 0.3) is 0 Å². The van der Waals surface area contributed by atoms with Crippen LogP contribution in [0.5, 0.6) is 0 Å². The molecule has 0 spiro atoms. The van der Waals surface area contributed by atoms with Crippen molar-refractivity contribution in [3.8, 4) is 0 Å². The molecule has 0 aromatic heterocycles. The van der Waals surface area contributed by atoms with Crippen molar-refractivity contribution in [2.75, 3.05) is 0 Å². The van der Waals surface area contributed by atoms with Crippen molar-refractivity contribution < 1.29 is 0 Å². The molecule has 0 amide bonds.